The minimum atomic E-state index is -4.66. The van der Waals surface area contributed by atoms with Gasteiger partial charge >= 0.3 is 18.0 Å². The van der Waals surface area contributed by atoms with Crippen molar-refractivity contribution in [3.05, 3.63) is 65.2 Å². The summed E-state index contributed by atoms with van der Waals surface area (Å²) in [5, 5.41) is 15.0. The number of carbonyl (C=O) groups is 2. The first-order chi connectivity index (χ1) is 13.2. The van der Waals surface area contributed by atoms with Crippen LogP contribution in [0.2, 0.25) is 0 Å². The van der Waals surface area contributed by atoms with E-state index in [1.807, 2.05) is 29.6 Å². The van der Waals surface area contributed by atoms with Crippen molar-refractivity contribution in [2.75, 3.05) is 11.9 Å². The topological polar surface area (TPSA) is 78.4 Å². The Morgan fingerprint density at radius 2 is 1.64 bits per heavy atom. The summed E-state index contributed by atoms with van der Waals surface area (Å²) >= 11 is 0. The Morgan fingerprint density at radius 3 is 2.36 bits per heavy atom. The molecule has 2 aromatic carbocycles. The zero-order chi connectivity index (χ0) is 20.4. The third-order valence-corrected chi connectivity index (χ3v) is 4.76. The first-order valence-corrected chi connectivity index (χ1v) is 8.72. The highest BCUT2D eigenvalue weighted by atomic mass is 19.4. The first kappa shape index (κ1) is 19.9. The lowest BCUT2D eigenvalue weighted by Crippen LogP contribution is -2.49. The van der Waals surface area contributed by atoms with Crippen molar-refractivity contribution < 1.29 is 27.9 Å². The second-order valence-corrected chi connectivity index (χ2v) is 6.85. The molecule has 28 heavy (non-hydrogen) atoms. The highest BCUT2D eigenvalue weighted by molar-refractivity contribution is 6.39. The molecule has 0 aliphatic heterocycles. The number of fused-ring (bicyclic) bond motifs is 1. The van der Waals surface area contributed by atoms with Gasteiger partial charge in [0.05, 0.1) is 16.9 Å². The van der Waals surface area contributed by atoms with E-state index in [-0.39, 0.29) is 6.54 Å². The summed E-state index contributed by atoms with van der Waals surface area (Å²) in [4.78, 5) is 24.0. The standard InChI is InChI=1S/C20H19F3N2O3/c21-20(22,23)15-7-3-4-8-16(15)25-18(27)17(26)24-12-19(28)10-9-13-5-1-2-6-14(13)11-19/h1-8,28H,9-12H2,(H,24,26)(H,25,27). The average Bonchev–Trinajstić information content (AvgIpc) is 2.65. The summed E-state index contributed by atoms with van der Waals surface area (Å²) in [5.74, 6) is -2.33. The number of para-hydroxylation sites is 1. The summed E-state index contributed by atoms with van der Waals surface area (Å²) < 4.78 is 38.9. The van der Waals surface area contributed by atoms with Crippen molar-refractivity contribution in [2.24, 2.45) is 0 Å². The molecule has 0 fully saturated rings. The smallest absolute Gasteiger partial charge is 0.388 e. The molecule has 1 atom stereocenters. The number of aliphatic hydroxyl groups is 1. The zero-order valence-corrected chi connectivity index (χ0v) is 14.8. The maximum absolute atomic E-state index is 13.0. The van der Waals surface area contributed by atoms with Crippen LogP contribution in [0.5, 0.6) is 0 Å². The van der Waals surface area contributed by atoms with Gasteiger partial charge in [0.1, 0.15) is 0 Å². The molecule has 3 N–H and O–H groups in total. The number of hydrogen-bond donors (Lipinski definition) is 3. The molecule has 1 aliphatic rings. The van der Waals surface area contributed by atoms with Gasteiger partial charge in [-0.25, -0.2) is 0 Å². The Kier molecular flexibility index (Phi) is 5.42. The van der Waals surface area contributed by atoms with Crippen LogP contribution in [0.1, 0.15) is 23.1 Å². The summed E-state index contributed by atoms with van der Waals surface area (Å²) in [5.41, 5.74) is -0.665. The number of rotatable bonds is 3. The van der Waals surface area contributed by atoms with E-state index in [1.165, 1.54) is 12.1 Å². The van der Waals surface area contributed by atoms with Crippen LogP contribution < -0.4 is 10.6 Å². The summed E-state index contributed by atoms with van der Waals surface area (Å²) in [6.45, 7) is -0.172. The summed E-state index contributed by atoms with van der Waals surface area (Å²) in [6.07, 6.45) is -3.30. The van der Waals surface area contributed by atoms with E-state index < -0.39 is 34.8 Å². The predicted octanol–water partition coefficient (Wildman–Crippen LogP) is 2.68. The maximum atomic E-state index is 13.0. The minimum Gasteiger partial charge on any atom is -0.388 e. The van der Waals surface area contributed by atoms with Gasteiger partial charge in [0.15, 0.2) is 0 Å². The summed E-state index contributed by atoms with van der Waals surface area (Å²) in [6, 6.07) is 12.0. The fourth-order valence-electron chi connectivity index (χ4n) is 3.28. The van der Waals surface area contributed by atoms with Gasteiger partial charge in [-0.1, -0.05) is 36.4 Å². The van der Waals surface area contributed by atoms with Crippen LogP contribution in [0.25, 0.3) is 0 Å². The van der Waals surface area contributed by atoms with E-state index >= 15 is 0 Å². The lowest BCUT2D eigenvalue weighted by Gasteiger charge is -2.33. The largest absolute Gasteiger partial charge is 0.418 e. The van der Waals surface area contributed by atoms with E-state index in [2.05, 4.69) is 5.32 Å². The van der Waals surface area contributed by atoms with Gasteiger partial charge in [-0.15, -0.1) is 0 Å². The Labute approximate surface area is 159 Å². The average molecular weight is 392 g/mol. The molecule has 2 aromatic rings. The monoisotopic (exact) mass is 392 g/mol. The van der Waals surface area contributed by atoms with Gasteiger partial charge in [0, 0.05) is 13.0 Å². The highest BCUT2D eigenvalue weighted by Crippen LogP contribution is 2.34. The molecule has 1 aliphatic carbocycles. The lowest BCUT2D eigenvalue weighted by atomic mass is 9.80. The van der Waals surface area contributed by atoms with Crippen molar-refractivity contribution >= 4 is 17.5 Å². The fourth-order valence-corrected chi connectivity index (χ4v) is 3.28. The quantitative estimate of drug-likeness (QED) is 0.703. The molecule has 0 radical (unpaired) electrons. The van der Waals surface area contributed by atoms with Gasteiger partial charge in [-0.3, -0.25) is 9.59 Å². The molecule has 0 saturated carbocycles. The van der Waals surface area contributed by atoms with Gasteiger partial charge in [-0.2, -0.15) is 13.2 Å². The molecule has 1 unspecified atom stereocenters. The molecule has 5 nitrogen and oxygen atoms in total. The van der Waals surface area contributed by atoms with Gasteiger partial charge in [-0.05, 0) is 36.1 Å². The van der Waals surface area contributed by atoms with Crippen LogP contribution in [0.3, 0.4) is 0 Å². The number of hydrogen-bond acceptors (Lipinski definition) is 3. The molecule has 8 heteroatoms. The number of amides is 2. The molecule has 3 rings (SSSR count). The molecule has 0 bridgehead atoms. The van der Waals surface area contributed by atoms with E-state index in [4.69, 9.17) is 0 Å². The second-order valence-electron chi connectivity index (χ2n) is 6.85. The number of anilines is 1. The van der Waals surface area contributed by atoms with Crippen LogP contribution in [-0.4, -0.2) is 29.1 Å². The van der Waals surface area contributed by atoms with Crippen molar-refractivity contribution in [1.29, 1.82) is 0 Å². The molecular weight excluding hydrogens is 373 g/mol. The number of aryl methyl sites for hydroxylation is 1. The molecule has 148 valence electrons. The van der Waals surface area contributed by atoms with E-state index in [0.717, 1.165) is 23.3 Å². The van der Waals surface area contributed by atoms with Gasteiger partial charge in [0.25, 0.3) is 0 Å². The van der Waals surface area contributed by atoms with Crippen molar-refractivity contribution in [3.8, 4) is 0 Å². The first-order valence-electron chi connectivity index (χ1n) is 8.72. The molecule has 0 spiro atoms. The lowest BCUT2D eigenvalue weighted by molar-refractivity contribution is -0.138. The number of carbonyl (C=O) groups excluding carboxylic acids is 2. The number of benzene rings is 2. The van der Waals surface area contributed by atoms with E-state index in [9.17, 15) is 27.9 Å². The van der Waals surface area contributed by atoms with Gasteiger partial charge < -0.3 is 15.7 Å². The van der Waals surface area contributed by atoms with Crippen LogP contribution in [0, 0.1) is 0 Å². The van der Waals surface area contributed by atoms with Crippen LogP contribution >= 0.6 is 0 Å². The molecule has 0 saturated heterocycles. The SMILES string of the molecule is O=C(NCC1(O)CCc2ccccc2C1)C(=O)Nc1ccccc1C(F)(F)F. The Morgan fingerprint density at radius 1 is 1.00 bits per heavy atom. The summed E-state index contributed by atoms with van der Waals surface area (Å²) in [7, 11) is 0. The third kappa shape index (κ3) is 4.51. The van der Waals surface area contributed by atoms with Gasteiger partial charge in [0.2, 0.25) is 0 Å². The minimum absolute atomic E-state index is 0.172. The van der Waals surface area contributed by atoms with E-state index in [0.29, 0.717) is 19.3 Å². The normalized spacial score (nSPS) is 18.9. The second kappa shape index (κ2) is 7.63. The highest BCUT2D eigenvalue weighted by Gasteiger charge is 2.35. The maximum Gasteiger partial charge on any atom is 0.418 e. The molecule has 0 aromatic heterocycles. The Bertz CT molecular complexity index is 898. The number of halogens is 3. The van der Waals surface area contributed by atoms with Crippen LogP contribution in [0.4, 0.5) is 18.9 Å². The van der Waals surface area contributed by atoms with Crippen molar-refractivity contribution in [2.45, 2.75) is 31.0 Å². The van der Waals surface area contributed by atoms with Crippen molar-refractivity contribution in [1.82, 2.24) is 5.32 Å². The fraction of sp³-hybridized carbons (Fsp3) is 0.300. The van der Waals surface area contributed by atoms with Crippen LogP contribution in [-0.2, 0) is 28.6 Å². The molecular formula is C20H19F3N2O3. The Balaban J connectivity index is 1.61. The van der Waals surface area contributed by atoms with Crippen molar-refractivity contribution in [3.63, 3.8) is 0 Å². The van der Waals surface area contributed by atoms with E-state index in [1.54, 1.807) is 0 Å². The molecule has 2 amide bonds. The van der Waals surface area contributed by atoms with Crippen LogP contribution in [0.15, 0.2) is 48.5 Å². The number of nitrogens with one attached hydrogen (secondary N) is 2. The zero-order valence-electron chi connectivity index (χ0n) is 14.8. The number of alkyl halides is 3. The Hall–Kier alpha value is -2.87. The molecule has 0 heterocycles. The predicted molar refractivity (Wildman–Crippen MR) is 96.5 cm³/mol. The third-order valence-electron chi connectivity index (χ3n) is 4.76.